The molecule has 1 aromatic heterocycles. The second-order valence-electron chi connectivity index (χ2n) is 6.54. The van der Waals surface area contributed by atoms with E-state index in [1.54, 1.807) is 24.3 Å². The van der Waals surface area contributed by atoms with Gasteiger partial charge in [0.2, 0.25) is 5.89 Å². The van der Waals surface area contributed by atoms with Crippen molar-refractivity contribution in [3.63, 3.8) is 0 Å². The summed E-state index contributed by atoms with van der Waals surface area (Å²) in [6, 6.07) is 12.9. The minimum Gasteiger partial charge on any atom is -0.455 e. The number of halogens is 1. The van der Waals surface area contributed by atoms with Crippen LogP contribution >= 0.6 is 23.4 Å². The monoisotopic (exact) mass is 459 g/mol. The lowest BCUT2D eigenvalue weighted by atomic mass is 10.0. The molecule has 3 rings (SSSR count). The highest BCUT2D eigenvalue weighted by atomic mass is 35.5. The number of aromatic nitrogens is 2. The van der Waals surface area contributed by atoms with Crippen LogP contribution in [-0.4, -0.2) is 34.4 Å². The summed E-state index contributed by atoms with van der Waals surface area (Å²) in [5.74, 6) is -0.655. The average molecular weight is 460 g/mol. The first-order valence-corrected chi connectivity index (χ1v) is 11.1. The highest BCUT2D eigenvalue weighted by Gasteiger charge is 2.15. The third-order valence-corrected chi connectivity index (χ3v) is 5.48. The van der Waals surface area contributed by atoms with Crippen molar-refractivity contribution in [1.29, 1.82) is 0 Å². The predicted molar refractivity (Wildman–Crippen MR) is 120 cm³/mol. The van der Waals surface area contributed by atoms with E-state index in [2.05, 4.69) is 15.5 Å². The van der Waals surface area contributed by atoms with Crippen molar-refractivity contribution < 1.29 is 18.7 Å². The van der Waals surface area contributed by atoms with Gasteiger partial charge in [0.25, 0.3) is 11.1 Å². The first-order chi connectivity index (χ1) is 15.0. The Kier molecular flexibility index (Phi) is 8.08. The van der Waals surface area contributed by atoms with E-state index in [4.69, 9.17) is 20.8 Å². The molecule has 3 aromatic rings. The molecule has 0 saturated heterocycles. The van der Waals surface area contributed by atoms with E-state index in [9.17, 15) is 9.59 Å². The second-order valence-corrected chi connectivity index (χ2v) is 7.90. The second kappa shape index (κ2) is 11.0. The zero-order valence-electron chi connectivity index (χ0n) is 17.2. The molecule has 0 radical (unpaired) electrons. The molecule has 7 nitrogen and oxygen atoms in total. The topological polar surface area (TPSA) is 94.3 Å². The minimum atomic E-state index is -0.550. The van der Waals surface area contributed by atoms with Gasteiger partial charge in [0.1, 0.15) is 5.75 Å². The van der Waals surface area contributed by atoms with Gasteiger partial charge in [-0.05, 0) is 48.2 Å². The lowest BCUT2D eigenvalue weighted by Gasteiger charge is -2.14. The van der Waals surface area contributed by atoms with E-state index in [0.717, 1.165) is 47.0 Å². The van der Waals surface area contributed by atoms with Crippen molar-refractivity contribution in [2.45, 2.75) is 31.9 Å². The Balaban J connectivity index is 1.48. The number of nitrogens with zero attached hydrogens (tertiary/aromatic N) is 2. The van der Waals surface area contributed by atoms with Gasteiger partial charge in [0.05, 0.1) is 0 Å². The Morgan fingerprint density at radius 3 is 2.39 bits per heavy atom. The lowest BCUT2D eigenvalue weighted by Crippen LogP contribution is -2.23. The van der Waals surface area contributed by atoms with E-state index in [-0.39, 0.29) is 23.5 Å². The summed E-state index contributed by atoms with van der Waals surface area (Å²) in [4.78, 5) is 24.3. The molecular formula is C22H22ClN3O4S. The third kappa shape index (κ3) is 6.32. The maximum Gasteiger partial charge on any atom is 0.316 e. The normalized spacial score (nSPS) is 10.7. The zero-order valence-corrected chi connectivity index (χ0v) is 18.8. The van der Waals surface area contributed by atoms with Crippen molar-refractivity contribution in [3.8, 4) is 11.5 Å². The number of hydrogen-bond acceptors (Lipinski definition) is 7. The molecule has 0 aliphatic heterocycles. The molecule has 2 aromatic carbocycles. The Hall–Kier alpha value is -2.84. The van der Waals surface area contributed by atoms with Crippen molar-refractivity contribution in [2.75, 3.05) is 17.7 Å². The molecule has 0 aliphatic rings. The standard InChI is InChI=1S/C22H22ClN3O4S/c1-3-14-6-5-7-15(4-2)20(14)24-18(27)12-29-19(28)13-31-22-26-25-21(30-22)16-8-10-17(23)11-9-16/h5-11H,3-4,12-13H2,1-2H3,(H,24,27). The summed E-state index contributed by atoms with van der Waals surface area (Å²) >= 11 is 6.91. The van der Waals surface area contributed by atoms with Crippen molar-refractivity contribution in [2.24, 2.45) is 0 Å². The van der Waals surface area contributed by atoms with Gasteiger partial charge in [-0.3, -0.25) is 9.59 Å². The number of amides is 1. The van der Waals surface area contributed by atoms with E-state index in [1.807, 2.05) is 32.0 Å². The van der Waals surface area contributed by atoms with Crippen LogP contribution in [0.15, 0.2) is 52.1 Å². The van der Waals surface area contributed by atoms with Crippen molar-refractivity contribution >= 4 is 40.9 Å². The minimum absolute atomic E-state index is 0.0543. The molecule has 0 fully saturated rings. The van der Waals surface area contributed by atoms with Gasteiger partial charge in [0, 0.05) is 16.3 Å². The van der Waals surface area contributed by atoms with Crippen LogP contribution in [0.2, 0.25) is 5.02 Å². The van der Waals surface area contributed by atoms with Crippen LogP contribution in [0.5, 0.6) is 0 Å². The maximum absolute atomic E-state index is 12.3. The number of benzene rings is 2. The fourth-order valence-corrected chi connectivity index (χ4v) is 3.55. The Bertz CT molecular complexity index is 1030. The molecular weight excluding hydrogens is 438 g/mol. The first kappa shape index (κ1) is 22.8. The lowest BCUT2D eigenvalue weighted by molar-refractivity contribution is -0.144. The predicted octanol–water partition coefficient (Wildman–Crippen LogP) is 4.79. The Morgan fingerprint density at radius 1 is 1.06 bits per heavy atom. The fraction of sp³-hybridized carbons (Fsp3) is 0.273. The number of rotatable bonds is 9. The number of thioether (sulfide) groups is 1. The van der Waals surface area contributed by atoms with E-state index in [0.29, 0.717) is 10.9 Å². The van der Waals surface area contributed by atoms with Gasteiger partial charge in [-0.25, -0.2) is 0 Å². The van der Waals surface area contributed by atoms with E-state index in [1.165, 1.54) is 0 Å². The summed E-state index contributed by atoms with van der Waals surface area (Å²) in [6.45, 7) is 3.69. The van der Waals surface area contributed by atoms with Gasteiger partial charge in [-0.15, -0.1) is 10.2 Å². The van der Waals surface area contributed by atoms with E-state index >= 15 is 0 Å². The van der Waals surface area contributed by atoms with Gasteiger partial charge in [-0.2, -0.15) is 0 Å². The van der Waals surface area contributed by atoms with Crippen LogP contribution in [0.25, 0.3) is 11.5 Å². The molecule has 162 valence electrons. The first-order valence-electron chi connectivity index (χ1n) is 9.78. The summed E-state index contributed by atoms with van der Waals surface area (Å²) in [5.41, 5.74) is 3.61. The van der Waals surface area contributed by atoms with Crippen LogP contribution in [0.3, 0.4) is 0 Å². The summed E-state index contributed by atoms with van der Waals surface area (Å²) < 4.78 is 10.6. The average Bonchev–Trinajstić information content (AvgIpc) is 3.26. The maximum atomic E-state index is 12.3. The molecule has 0 aliphatic carbocycles. The number of ether oxygens (including phenoxy) is 1. The van der Waals surface area contributed by atoms with Crippen LogP contribution in [0, 0.1) is 0 Å². The molecule has 0 atom stereocenters. The van der Waals surface area contributed by atoms with E-state index < -0.39 is 5.97 Å². The fourth-order valence-electron chi connectivity index (χ4n) is 2.86. The molecule has 0 unspecified atom stereocenters. The summed E-state index contributed by atoms with van der Waals surface area (Å²) in [6.07, 6.45) is 1.59. The van der Waals surface area contributed by atoms with Crippen LogP contribution in [-0.2, 0) is 27.2 Å². The quantitative estimate of drug-likeness (QED) is 0.363. The molecule has 0 bridgehead atoms. The van der Waals surface area contributed by atoms with Crippen LogP contribution in [0.4, 0.5) is 5.69 Å². The number of hydrogen-bond donors (Lipinski definition) is 1. The SMILES string of the molecule is CCc1cccc(CC)c1NC(=O)COC(=O)CSc1nnc(-c2ccc(Cl)cc2)o1. The van der Waals surface area contributed by atoms with Crippen molar-refractivity contribution in [1.82, 2.24) is 10.2 Å². The number of para-hydroxylation sites is 1. The van der Waals surface area contributed by atoms with Gasteiger partial charge < -0.3 is 14.5 Å². The number of anilines is 1. The molecule has 31 heavy (non-hydrogen) atoms. The smallest absolute Gasteiger partial charge is 0.316 e. The molecule has 0 spiro atoms. The van der Waals surface area contributed by atoms with Gasteiger partial charge in [0.15, 0.2) is 6.61 Å². The Morgan fingerprint density at radius 2 is 1.74 bits per heavy atom. The van der Waals surface area contributed by atoms with Crippen LogP contribution < -0.4 is 5.32 Å². The zero-order chi connectivity index (χ0) is 22.2. The number of esters is 1. The van der Waals surface area contributed by atoms with Crippen LogP contribution in [0.1, 0.15) is 25.0 Å². The number of carbonyl (C=O) groups excluding carboxylic acids is 2. The number of nitrogens with one attached hydrogen (secondary N) is 1. The molecule has 1 N–H and O–H groups in total. The molecule has 0 saturated carbocycles. The third-order valence-electron chi connectivity index (χ3n) is 4.44. The van der Waals surface area contributed by atoms with Crippen molar-refractivity contribution in [3.05, 3.63) is 58.6 Å². The molecule has 9 heteroatoms. The Labute approximate surface area is 189 Å². The highest BCUT2D eigenvalue weighted by Crippen LogP contribution is 2.25. The number of carbonyl (C=O) groups is 2. The number of aryl methyl sites for hydroxylation is 2. The van der Waals surface area contributed by atoms with Gasteiger partial charge >= 0.3 is 5.97 Å². The molecule has 1 amide bonds. The summed E-state index contributed by atoms with van der Waals surface area (Å²) in [7, 11) is 0. The highest BCUT2D eigenvalue weighted by molar-refractivity contribution is 7.99. The largest absolute Gasteiger partial charge is 0.455 e. The van der Waals surface area contributed by atoms with Gasteiger partial charge in [-0.1, -0.05) is 55.4 Å². The summed E-state index contributed by atoms with van der Waals surface area (Å²) in [5, 5.41) is 11.6. The molecule has 1 heterocycles.